The van der Waals surface area contributed by atoms with E-state index in [0.717, 1.165) is 35.8 Å². The summed E-state index contributed by atoms with van der Waals surface area (Å²) < 4.78 is 6.29. The Balaban J connectivity index is 2.07. The Hall–Kier alpha value is -0.730. The molecule has 2 nitrogen and oxygen atoms in total. The van der Waals surface area contributed by atoms with E-state index < -0.39 is 0 Å². The molecular weight excluding hydrogens is 258 g/mol. The lowest BCUT2D eigenvalue weighted by molar-refractivity contribution is 0.130. The topological polar surface area (TPSA) is 21.3 Å². The molecule has 1 N–H and O–H groups in total. The van der Waals surface area contributed by atoms with Crippen LogP contribution < -0.4 is 10.1 Å². The fraction of sp³-hybridized carbons (Fsp3) is 0.625. The monoisotopic (exact) mass is 281 g/mol. The van der Waals surface area contributed by atoms with Crippen LogP contribution in [0.2, 0.25) is 5.02 Å². The number of hydrogen-bond donors (Lipinski definition) is 1. The molecule has 1 aromatic carbocycles. The fourth-order valence-electron chi connectivity index (χ4n) is 2.67. The SMILES string of the molecule is CCCC[C@@H](Oc1cccc(Cl)c1C)[C@H]1CCNC1. The van der Waals surface area contributed by atoms with Crippen LogP contribution >= 0.6 is 11.6 Å². The zero-order valence-electron chi connectivity index (χ0n) is 11.9. The van der Waals surface area contributed by atoms with E-state index in [-0.39, 0.29) is 0 Å². The first-order chi connectivity index (χ1) is 9.22. The fourth-order valence-corrected chi connectivity index (χ4v) is 2.83. The summed E-state index contributed by atoms with van der Waals surface area (Å²) >= 11 is 6.17. The minimum atomic E-state index is 0.312. The highest BCUT2D eigenvalue weighted by Gasteiger charge is 2.26. The first-order valence-corrected chi connectivity index (χ1v) is 7.72. The minimum Gasteiger partial charge on any atom is -0.490 e. The second-order valence-electron chi connectivity index (χ2n) is 5.41. The zero-order valence-corrected chi connectivity index (χ0v) is 12.7. The van der Waals surface area contributed by atoms with Crippen molar-refractivity contribution < 1.29 is 4.74 Å². The maximum absolute atomic E-state index is 6.29. The number of rotatable bonds is 6. The summed E-state index contributed by atoms with van der Waals surface area (Å²) in [4.78, 5) is 0. The number of nitrogens with one attached hydrogen (secondary N) is 1. The maximum Gasteiger partial charge on any atom is 0.124 e. The highest BCUT2D eigenvalue weighted by molar-refractivity contribution is 6.31. The molecule has 0 bridgehead atoms. The normalized spacial score (nSPS) is 20.5. The zero-order chi connectivity index (χ0) is 13.7. The second kappa shape index (κ2) is 7.16. The molecule has 1 heterocycles. The van der Waals surface area contributed by atoms with Gasteiger partial charge in [-0.25, -0.2) is 0 Å². The van der Waals surface area contributed by atoms with Gasteiger partial charge in [0.1, 0.15) is 11.9 Å². The van der Waals surface area contributed by atoms with Crippen molar-refractivity contribution in [1.29, 1.82) is 0 Å². The van der Waals surface area contributed by atoms with E-state index in [0.29, 0.717) is 12.0 Å². The van der Waals surface area contributed by atoms with Gasteiger partial charge in [0.2, 0.25) is 0 Å². The van der Waals surface area contributed by atoms with E-state index in [1.54, 1.807) is 0 Å². The molecule has 19 heavy (non-hydrogen) atoms. The minimum absolute atomic E-state index is 0.312. The Kier molecular flexibility index (Phi) is 5.53. The van der Waals surface area contributed by atoms with Crippen LogP contribution in [0, 0.1) is 12.8 Å². The van der Waals surface area contributed by atoms with Crippen molar-refractivity contribution in [3.63, 3.8) is 0 Å². The summed E-state index contributed by atoms with van der Waals surface area (Å²) in [5.74, 6) is 1.57. The van der Waals surface area contributed by atoms with Gasteiger partial charge in [0.15, 0.2) is 0 Å². The van der Waals surface area contributed by atoms with Gasteiger partial charge in [-0.1, -0.05) is 37.4 Å². The average Bonchev–Trinajstić information content (AvgIpc) is 2.93. The van der Waals surface area contributed by atoms with Crippen LogP contribution in [-0.2, 0) is 0 Å². The van der Waals surface area contributed by atoms with Gasteiger partial charge < -0.3 is 10.1 Å². The lowest BCUT2D eigenvalue weighted by Crippen LogP contribution is -2.29. The molecule has 106 valence electrons. The molecule has 1 saturated heterocycles. The van der Waals surface area contributed by atoms with Crippen LogP contribution in [0.3, 0.4) is 0 Å². The van der Waals surface area contributed by atoms with E-state index in [9.17, 15) is 0 Å². The van der Waals surface area contributed by atoms with Gasteiger partial charge in [0, 0.05) is 23.0 Å². The van der Waals surface area contributed by atoms with Crippen molar-refractivity contribution in [2.24, 2.45) is 5.92 Å². The van der Waals surface area contributed by atoms with Crippen molar-refractivity contribution >= 4 is 11.6 Å². The molecule has 0 radical (unpaired) electrons. The first kappa shape index (κ1) is 14.7. The van der Waals surface area contributed by atoms with Crippen LogP contribution in [0.5, 0.6) is 5.75 Å². The third-order valence-electron chi connectivity index (χ3n) is 3.96. The van der Waals surface area contributed by atoms with E-state index in [4.69, 9.17) is 16.3 Å². The van der Waals surface area contributed by atoms with Crippen molar-refractivity contribution in [3.05, 3.63) is 28.8 Å². The number of ether oxygens (including phenoxy) is 1. The van der Waals surface area contributed by atoms with Gasteiger partial charge in [0.05, 0.1) is 0 Å². The van der Waals surface area contributed by atoms with Crippen molar-refractivity contribution in [2.75, 3.05) is 13.1 Å². The molecular formula is C16H24ClNO. The summed E-state index contributed by atoms with van der Waals surface area (Å²) in [5, 5.41) is 4.22. The van der Waals surface area contributed by atoms with Crippen molar-refractivity contribution in [1.82, 2.24) is 5.32 Å². The van der Waals surface area contributed by atoms with Crippen LogP contribution in [0.1, 0.15) is 38.2 Å². The van der Waals surface area contributed by atoms with Crippen LogP contribution in [-0.4, -0.2) is 19.2 Å². The molecule has 1 aromatic rings. The molecule has 0 unspecified atom stereocenters. The predicted molar refractivity (Wildman–Crippen MR) is 81.1 cm³/mol. The van der Waals surface area contributed by atoms with Gasteiger partial charge in [0.25, 0.3) is 0 Å². The summed E-state index contributed by atoms with van der Waals surface area (Å²) in [6, 6.07) is 5.92. The van der Waals surface area contributed by atoms with Gasteiger partial charge in [-0.15, -0.1) is 0 Å². The third-order valence-corrected chi connectivity index (χ3v) is 4.37. The summed E-state index contributed by atoms with van der Waals surface area (Å²) in [7, 11) is 0. The molecule has 1 aliphatic heterocycles. The Labute approximate surface area is 121 Å². The summed E-state index contributed by atoms with van der Waals surface area (Å²) in [5.41, 5.74) is 1.05. The average molecular weight is 282 g/mol. The molecule has 1 fully saturated rings. The quantitative estimate of drug-likeness (QED) is 0.844. The largest absolute Gasteiger partial charge is 0.490 e. The van der Waals surface area contributed by atoms with Crippen LogP contribution in [0.4, 0.5) is 0 Å². The summed E-state index contributed by atoms with van der Waals surface area (Å²) in [6.45, 7) is 6.45. The Morgan fingerprint density at radius 2 is 2.32 bits per heavy atom. The molecule has 0 saturated carbocycles. The van der Waals surface area contributed by atoms with E-state index in [2.05, 4.69) is 12.2 Å². The lowest BCUT2D eigenvalue weighted by atomic mass is 9.96. The van der Waals surface area contributed by atoms with E-state index in [1.165, 1.54) is 19.3 Å². The molecule has 2 atom stereocenters. The van der Waals surface area contributed by atoms with Crippen molar-refractivity contribution in [3.8, 4) is 5.75 Å². The van der Waals surface area contributed by atoms with Crippen molar-refractivity contribution in [2.45, 2.75) is 45.6 Å². The second-order valence-corrected chi connectivity index (χ2v) is 5.82. The van der Waals surface area contributed by atoms with Crippen LogP contribution in [0.15, 0.2) is 18.2 Å². The molecule has 0 amide bonds. The molecule has 0 aliphatic carbocycles. The molecule has 3 heteroatoms. The van der Waals surface area contributed by atoms with Gasteiger partial charge in [-0.3, -0.25) is 0 Å². The Morgan fingerprint density at radius 3 is 3.00 bits per heavy atom. The maximum atomic E-state index is 6.29. The van der Waals surface area contributed by atoms with Crippen LogP contribution in [0.25, 0.3) is 0 Å². The smallest absolute Gasteiger partial charge is 0.124 e. The Bertz CT molecular complexity index is 402. The third kappa shape index (κ3) is 3.87. The standard InChI is InChI=1S/C16H24ClNO/c1-3-4-7-16(13-9-10-18-11-13)19-15-8-5-6-14(17)12(15)2/h5-6,8,13,16,18H,3-4,7,9-11H2,1-2H3/t13-,16+/m0/s1. The number of benzene rings is 1. The van der Waals surface area contributed by atoms with Gasteiger partial charge in [-0.2, -0.15) is 0 Å². The molecule has 0 spiro atoms. The van der Waals surface area contributed by atoms with Gasteiger partial charge in [-0.05, 0) is 38.4 Å². The number of hydrogen-bond acceptors (Lipinski definition) is 2. The van der Waals surface area contributed by atoms with E-state index >= 15 is 0 Å². The number of halogens is 1. The highest BCUT2D eigenvalue weighted by atomic mass is 35.5. The number of unbranched alkanes of at least 4 members (excludes halogenated alkanes) is 1. The molecule has 0 aromatic heterocycles. The summed E-state index contributed by atoms with van der Waals surface area (Å²) in [6.07, 6.45) is 5.10. The lowest BCUT2D eigenvalue weighted by Gasteiger charge is -2.25. The molecule has 1 aliphatic rings. The molecule has 2 rings (SSSR count). The van der Waals surface area contributed by atoms with Gasteiger partial charge >= 0.3 is 0 Å². The Morgan fingerprint density at radius 1 is 1.47 bits per heavy atom. The van der Waals surface area contributed by atoms with E-state index in [1.807, 2.05) is 25.1 Å². The highest BCUT2D eigenvalue weighted by Crippen LogP contribution is 2.29. The predicted octanol–water partition coefficient (Wildman–Crippen LogP) is 4.20. The first-order valence-electron chi connectivity index (χ1n) is 7.35.